The number of nitrogens with one attached hydrogen (secondary N) is 3. The number of carbonyl (C=O) groups is 3. The topological polar surface area (TPSA) is 263 Å². The lowest BCUT2D eigenvalue weighted by atomic mass is 10.1. The van der Waals surface area contributed by atoms with Gasteiger partial charge in [0, 0.05) is 39.5 Å². The fourth-order valence-electron chi connectivity index (χ4n) is 4.68. The number of nitrogen functional groups attached to an aromatic ring is 2. The molecule has 55 heavy (non-hydrogen) atoms. The molecule has 1 amide bonds. The summed E-state index contributed by atoms with van der Waals surface area (Å²) in [6, 6.07) is 29.4. The van der Waals surface area contributed by atoms with E-state index >= 15 is 0 Å². The summed E-state index contributed by atoms with van der Waals surface area (Å²) in [7, 11) is 0. The van der Waals surface area contributed by atoms with E-state index in [2.05, 4.69) is 25.7 Å². The number of hydrogen-bond donors (Lipinski definition) is 8. The number of H-pyrrole nitrogens is 2. The molecule has 0 saturated carbocycles. The van der Waals surface area contributed by atoms with Gasteiger partial charge in [-0.1, -0.05) is 47.5 Å². The molecule has 7 aromatic rings. The van der Waals surface area contributed by atoms with Crippen LogP contribution in [0.15, 0.2) is 103 Å². The summed E-state index contributed by atoms with van der Waals surface area (Å²) in [6.07, 6.45) is 0. The van der Waals surface area contributed by atoms with Crippen LogP contribution < -0.4 is 22.5 Å². The summed E-state index contributed by atoms with van der Waals surface area (Å²) in [6.45, 7) is 0.971. The van der Waals surface area contributed by atoms with Crippen molar-refractivity contribution in [1.82, 2.24) is 25.7 Å². The molecule has 280 valence electrons. The van der Waals surface area contributed by atoms with Gasteiger partial charge < -0.3 is 32.7 Å². The third kappa shape index (κ3) is 11.5. The number of nitrogens with zero attached hydrogens (tertiary/aromatic N) is 3. The van der Waals surface area contributed by atoms with E-state index in [4.69, 9.17) is 55.9 Å². The van der Waals surface area contributed by atoms with Crippen LogP contribution >= 0.6 is 23.2 Å². The van der Waals surface area contributed by atoms with Gasteiger partial charge in [0.25, 0.3) is 5.91 Å². The number of aromatic nitrogens is 4. The second-order valence-electron chi connectivity index (χ2n) is 11.3. The standard InChI is InChI=1S/C15H13ClN4O.C8H4FNO2.C8H7N3O2.C7H8ClN/c16-11-3-1-2-9(6-11)8-18-15(21)10-4-5-13-12(7-10)14(17)20-19-13;9-7-2-1-5(8(11)12)3-6(7)4-10;9-7-5-3-4(8(12)13)1-2-6(5)10-11-7;8-7-3-1-2-6(4-7)5-9/h1-7H,8H2,(H,18,21)(H3,17,19,20);1-3H,(H,11,12);1-3H,(H,12,13)(H3,9,10,11);1-4H,5,9H2. The highest BCUT2D eigenvalue weighted by Crippen LogP contribution is 2.20. The number of anilines is 2. The van der Waals surface area contributed by atoms with E-state index in [1.54, 1.807) is 36.4 Å². The summed E-state index contributed by atoms with van der Waals surface area (Å²) in [5.74, 6) is -2.32. The molecule has 0 bridgehead atoms. The largest absolute Gasteiger partial charge is 0.478 e. The fourth-order valence-corrected chi connectivity index (χ4v) is 5.11. The molecule has 0 aliphatic rings. The Morgan fingerprint density at radius 1 is 0.727 bits per heavy atom. The Hall–Kier alpha value is -6.99. The van der Waals surface area contributed by atoms with E-state index in [0.717, 1.165) is 50.8 Å². The molecule has 0 unspecified atom stereocenters. The molecular weight excluding hydrogens is 752 g/mol. The van der Waals surface area contributed by atoms with Gasteiger partial charge in [0.2, 0.25) is 0 Å². The Kier molecular flexibility index (Phi) is 14.2. The van der Waals surface area contributed by atoms with Gasteiger partial charge in [-0.2, -0.15) is 15.5 Å². The molecule has 5 aromatic carbocycles. The van der Waals surface area contributed by atoms with Crippen molar-refractivity contribution in [3.63, 3.8) is 0 Å². The van der Waals surface area contributed by atoms with Gasteiger partial charge >= 0.3 is 11.9 Å². The highest BCUT2D eigenvalue weighted by molar-refractivity contribution is 6.30. The van der Waals surface area contributed by atoms with Crippen LogP contribution in [-0.2, 0) is 13.1 Å². The van der Waals surface area contributed by atoms with Crippen LogP contribution in [0.5, 0.6) is 0 Å². The van der Waals surface area contributed by atoms with Crippen molar-refractivity contribution in [2.24, 2.45) is 5.73 Å². The third-order valence-corrected chi connectivity index (χ3v) is 7.96. The molecule has 0 aliphatic carbocycles. The highest BCUT2D eigenvalue weighted by atomic mass is 35.5. The molecule has 0 atom stereocenters. The first-order valence-electron chi connectivity index (χ1n) is 15.9. The van der Waals surface area contributed by atoms with Crippen molar-refractivity contribution in [3.05, 3.63) is 152 Å². The Balaban J connectivity index is 0.000000172. The van der Waals surface area contributed by atoms with E-state index in [1.807, 2.05) is 42.5 Å². The number of hydrogen-bond acceptors (Lipinski definition) is 9. The molecule has 0 radical (unpaired) electrons. The van der Waals surface area contributed by atoms with Crippen LogP contribution in [0, 0.1) is 17.1 Å². The Morgan fingerprint density at radius 2 is 1.22 bits per heavy atom. The zero-order chi connectivity index (χ0) is 40.1. The second kappa shape index (κ2) is 19.2. The molecular formula is C38H32Cl2FN9O5. The van der Waals surface area contributed by atoms with Crippen LogP contribution in [0.3, 0.4) is 0 Å². The second-order valence-corrected chi connectivity index (χ2v) is 12.2. The average molecular weight is 785 g/mol. The monoisotopic (exact) mass is 783 g/mol. The molecule has 17 heteroatoms. The van der Waals surface area contributed by atoms with Crippen molar-refractivity contribution in [3.8, 4) is 6.07 Å². The molecule has 2 aromatic heterocycles. The maximum Gasteiger partial charge on any atom is 0.335 e. The van der Waals surface area contributed by atoms with Crippen LogP contribution in [0.4, 0.5) is 16.0 Å². The quantitative estimate of drug-likeness (QED) is 0.0872. The lowest BCUT2D eigenvalue weighted by Crippen LogP contribution is -2.22. The minimum Gasteiger partial charge on any atom is -0.478 e. The van der Waals surface area contributed by atoms with E-state index < -0.39 is 17.8 Å². The van der Waals surface area contributed by atoms with Gasteiger partial charge in [-0.05, 0) is 90.0 Å². The van der Waals surface area contributed by atoms with Crippen LogP contribution in [0.1, 0.15) is 47.8 Å². The fraction of sp³-hybridized carbons (Fsp3) is 0.0526. The van der Waals surface area contributed by atoms with Gasteiger partial charge in [0.1, 0.15) is 11.9 Å². The Labute approximate surface area is 322 Å². The van der Waals surface area contributed by atoms with Crippen molar-refractivity contribution >= 4 is 74.5 Å². The first-order valence-corrected chi connectivity index (χ1v) is 16.7. The SMILES string of the molecule is N#Cc1cc(C(=O)O)ccc1F.NCc1cccc(Cl)c1.Nc1n[nH]c2ccc(C(=O)NCc3cccc(Cl)c3)cc12.Nc1n[nH]c2ccc(C(=O)O)cc12. The van der Waals surface area contributed by atoms with Crippen molar-refractivity contribution in [2.75, 3.05) is 11.5 Å². The van der Waals surface area contributed by atoms with E-state index in [0.29, 0.717) is 40.7 Å². The van der Waals surface area contributed by atoms with E-state index in [9.17, 15) is 18.8 Å². The molecule has 0 fully saturated rings. The molecule has 0 aliphatic heterocycles. The maximum absolute atomic E-state index is 12.6. The number of amides is 1. The lowest BCUT2D eigenvalue weighted by molar-refractivity contribution is 0.0686. The lowest BCUT2D eigenvalue weighted by Gasteiger charge is -2.06. The number of nitriles is 1. The molecule has 14 nitrogen and oxygen atoms in total. The van der Waals surface area contributed by atoms with Gasteiger partial charge in [-0.3, -0.25) is 15.0 Å². The molecule has 2 heterocycles. The van der Waals surface area contributed by atoms with Crippen molar-refractivity contribution in [1.29, 1.82) is 5.26 Å². The van der Waals surface area contributed by atoms with Crippen molar-refractivity contribution in [2.45, 2.75) is 13.1 Å². The number of halogens is 3. The van der Waals surface area contributed by atoms with E-state index in [1.165, 1.54) is 12.1 Å². The van der Waals surface area contributed by atoms with Crippen LogP contribution in [0.25, 0.3) is 21.8 Å². The predicted octanol–water partition coefficient (Wildman–Crippen LogP) is 6.77. The first-order chi connectivity index (χ1) is 26.3. The van der Waals surface area contributed by atoms with Gasteiger partial charge in [-0.25, -0.2) is 14.0 Å². The number of rotatable bonds is 6. The Morgan fingerprint density at radius 3 is 1.73 bits per heavy atom. The zero-order valence-electron chi connectivity index (χ0n) is 28.6. The predicted molar refractivity (Wildman–Crippen MR) is 208 cm³/mol. The average Bonchev–Trinajstić information content (AvgIpc) is 3.75. The third-order valence-electron chi connectivity index (χ3n) is 7.49. The summed E-state index contributed by atoms with van der Waals surface area (Å²) < 4.78 is 12.6. The highest BCUT2D eigenvalue weighted by Gasteiger charge is 2.10. The molecule has 7 rings (SSSR count). The summed E-state index contributed by atoms with van der Waals surface area (Å²) in [5, 5.41) is 44.3. The van der Waals surface area contributed by atoms with Gasteiger partial charge in [0.15, 0.2) is 11.6 Å². The molecule has 0 spiro atoms. The number of carboxylic acids is 2. The summed E-state index contributed by atoms with van der Waals surface area (Å²) in [4.78, 5) is 33.1. The first kappa shape index (κ1) is 40.8. The Bertz CT molecular complexity index is 2520. The van der Waals surface area contributed by atoms with Crippen molar-refractivity contribution < 1.29 is 29.0 Å². The normalized spacial score (nSPS) is 10.1. The molecule has 0 saturated heterocycles. The minimum absolute atomic E-state index is 0.0899. The smallest absolute Gasteiger partial charge is 0.335 e. The number of carbonyl (C=O) groups excluding carboxylic acids is 1. The maximum atomic E-state index is 12.6. The number of benzene rings is 5. The minimum atomic E-state index is -1.17. The number of carboxylic acid groups (broad SMARTS) is 2. The van der Waals surface area contributed by atoms with E-state index in [-0.39, 0.29) is 22.6 Å². The number of aromatic carboxylic acids is 2. The van der Waals surface area contributed by atoms with Gasteiger partial charge in [0.05, 0.1) is 27.7 Å². The zero-order valence-corrected chi connectivity index (χ0v) is 30.1. The summed E-state index contributed by atoms with van der Waals surface area (Å²) >= 11 is 11.6. The number of fused-ring (bicyclic) bond motifs is 2. The number of aromatic amines is 2. The summed E-state index contributed by atoms with van der Waals surface area (Å²) in [5.41, 5.74) is 20.6. The number of nitrogens with two attached hydrogens (primary N) is 3. The molecule has 11 N–H and O–H groups in total. The van der Waals surface area contributed by atoms with Crippen LogP contribution in [0.2, 0.25) is 10.0 Å². The van der Waals surface area contributed by atoms with Gasteiger partial charge in [-0.15, -0.1) is 0 Å². The van der Waals surface area contributed by atoms with Crippen LogP contribution in [-0.4, -0.2) is 48.5 Å².